The van der Waals surface area contributed by atoms with Gasteiger partial charge in [-0.05, 0) is 46.1 Å². The van der Waals surface area contributed by atoms with Gasteiger partial charge in [-0.15, -0.1) is 0 Å². The van der Waals surface area contributed by atoms with Gasteiger partial charge in [0.2, 0.25) is 0 Å². The molecule has 0 amide bonds. The molecule has 4 nitrogen and oxygen atoms in total. The fraction of sp³-hybridized carbons (Fsp3) is 0.786. The van der Waals surface area contributed by atoms with Gasteiger partial charge in [0.15, 0.2) is 0 Å². The second-order valence-electron chi connectivity index (χ2n) is 5.31. The molecule has 2 rings (SSSR count). The third-order valence-electron chi connectivity index (χ3n) is 3.78. The molecule has 1 aromatic rings. The van der Waals surface area contributed by atoms with Crippen molar-refractivity contribution in [2.45, 2.75) is 59.2 Å². The molecule has 0 spiro atoms. The van der Waals surface area contributed by atoms with E-state index in [4.69, 9.17) is 4.74 Å². The summed E-state index contributed by atoms with van der Waals surface area (Å²) in [6.45, 7) is 11.2. The number of aryl methyl sites for hydroxylation is 2. The van der Waals surface area contributed by atoms with Crippen LogP contribution in [-0.4, -0.2) is 35.1 Å². The number of hydrogen-bond donors (Lipinski definition) is 1. The van der Waals surface area contributed by atoms with Gasteiger partial charge in [0.25, 0.3) is 0 Å². The predicted octanol–water partition coefficient (Wildman–Crippen LogP) is 1.83. The van der Waals surface area contributed by atoms with E-state index in [0.717, 1.165) is 32.6 Å². The molecule has 2 heterocycles. The van der Waals surface area contributed by atoms with E-state index in [1.54, 1.807) is 0 Å². The minimum absolute atomic E-state index is 0.476. The zero-order chi connectivity index (χ0) is 13.1. The summed E-state index contributed by atoms with van der Waals surface area (Å²) in [6.07, 6.45) is 2.22. The van der Waals surface area contributed by atoms with E-state index in [9.17, 15) is 0 Å². The minimum atomic E-state index is 0.476. The number of ether oxygens (including phenoxy) is 1. The molecule has 2 atom stereocenters. The predicted molar refractivity (Wildman–Crippen MR) is 72.9 cm³/mol. The third-order valence-corrected chi connectivity index (χ3v) is 3.78. The quantitative estimate of drug-likeness (QED) is 0.887. The van der Waals surface area contributed by atoms with Crippen molar-refractivity contribution in [2.24, 2.45) is 0 Å². The standard InChI is InChI=1S/C14H25N3O/c1-5-17-12(4)14(11(3)16-17)7-6-13-9-18-8-10(2)15-13/h10,13,15H,5-9H2,1-4H3. The Hall–Kier alpha value is -0.870. The lowest BCUT2D eigenvalue weighted by Gasteiger charge is -2.29. The van der Waals surface area contributed by atoms with Crippen molar-refractivity contribution in [1.82, 2.24) is 15.1 Å². The summed E-state index contributed by atoms with van der Waals surface area (Å²) in [7, 11) is 0. The average molecular weight is 251 g/mol. The lowest BCUT2D eigenvalue weighted by Crippen LogP contribution is -2.47. The van der Waals surface area contributed by atoms with E-state index in [-0.39, 0.29) is 0 Å². The first-order valence-electron chi connectivity index (χ1n) is 6.98. The first-order chi connectivity index (χ1) is 8.61. The van der Waals surface area contributed by atoms with Gasteiger partial charge >= 0.3 is 0 Å². The van der Waals surface area contributed by atoms with E-state index in [1.165, 1.54) is 17.0 Å². The lowest BCUT2D eigenvalue weighted by atomic mass is 10.0. The molecule has 1 fully saturated rings. The maximum Gasteiger partial charge on any atom is 0.0628 e. The van der Waals surface area contributed by atoms with Gasteiger partial charge in [-0.25, -0.2) is 0 Å². The van der Waals surface area contributed by atoms with E-state index in [0.29, 0.717) is 12.1 Å². The van der Waals surface area contributed by atoms with Crippen LogP contribution in [0.15, 0.2) is 0 Å². The number of morpholine rings is 1. The van der Waals surface area contributed by atoms with Gasteiger partial charge in [0.05, 0.1) is 18.9 Å². The Morgan fingerprint density at radius 1 is 1.39 bits per heavy atom. The zero-order valence-electron chi connectivity index (χ0n) is 12.0. The van der Waals surface area contributed by atoms with Crippen molar-refractivity contribution in [1.29, 1.82) is 0 Å². The molecule has 1 aliphatic rings. The Labute approximate surface area is 110 Å². The van der Waals surface area contributed by atoms with Crippen molar-refractivity contribution in [3.63, 3.8) is 0 Å². The summed E-state index contributed by atoms with van der Waals surface area (Å²) in [5.41, 5.74) is 3.91. The summed E-state index contributed by atoms with van der Waals surface area (Å²) in [5, 5.41) is 8.17. The maximum atomic E-state index is 5.59. The second-order valence-corrected chi connectivity index (χ2v) is 5.31. The highest BCUT2D eigenvalue weighted by Crippen LogP contribution is 2.17. The van der Waals surface area contributed by atoms with Crippen LogP contribution in [0.2, 0.25) is 0 Å². The number of hydrogen-bond acceptors (Lipinski definition) is 3. The lowest BCUT2D eigenvalue weighted by molar-refractivity contribution is 0.0483. The zero-order valence-corrected chi connectivity index (χ0v) is 12.0. The SMILES string of the molecule is CCn1nc(C)c(CCC2COCC(C)N2)c1C. The topological polar surface area (TPSA) is 39.1 Å². The van der Waals surface area contributed by atoms with Crippen LogP contribution in [0.4, 0.5) is 0 Å². The van der Waals surface area contributed by atoms with Crippen LogP contribution in [0.25, 0.3) is 0 Å². The highest BCUT2D eigenvalue weighted by atomic mass is 16.5. The molecule has 0 bridgehead atoms. The maximum absolute atomic E-state index is 5.59. The number of aromatic nitrogens is 2. The second kappa shape index (κ2) is 5.85. The summed E-state index contributed by atoms with van der Waals surface area (Å²) < 4.78 is 7.68. The largest absolute Gasteiger partial charge is 0.378 e. The van der Waals surface area contributed by atoms with Crippen LogP contribution < -0.4 is 5.32 Å². The summed E-state index contributed by atoms with van der Waals surface area (Å²) in [5.74, 6) is 0. The van der Waals surface area contributed by atoms with Crippen LogP contribution in [0.5, 0.6) is 0 Å². The van der Waals surface area contributed by atoms with Gasteiger partial charge in [-0.3, -0.25) is 4.68 Å². The molecule has 18 heavy (non-hydrogen) atoms. The molecule has 0 aromatic carbocycles. The molecule has 0 saturated carbocycles. The summed E-state index contributed by atoms with van der Waals surface area (Å²) in [6, 6.07) is 0.960. The monoisotopic (exact) mass is 251 g/mol. The van der Waals surface area contributed by atoms with Crippen molar-refractivity contribution in [3.8, 4) is 0 Å². The van der Waals surface area contributed by atoms with Gasteiger partial charge in [0.1, 0.15) is 0 Å². The molecule has 1 saturated heterocycles. The summed E-state index contributed by atoms with van der Waals surface area (Å²) in [4.78, 5) is 0. The Balaban J connectivity index is 1.95. The summed E-state index contributed by atoms with van der Waals surface area (Å²) >= 11 is 0. The van der Waals surface area contributed by atoms with Gasteiger partial charge in [-0.1, -0.05) is 0 Å². The van der Waals surface area contributed by atoms with Gasteiger partial charge in [0, 0.05) is 24.3 Å². The van der Waals surface area contributed by atoms with Crippen LogP contribution in [-0.2, 0) is 17.7 Å². The Kier molecular flexibility index (Phi) is 4.40. The van der Waals surface area contributed by atoms with Crippen LogP contribution >= 0.6 is 0 Å². The Bertz CT molecular complexity index is 400. The fourth-order valence-electron chi connectivity index (χ4n) is 2.77. The molecule has 1 N–H and O–H groups in total. The Morgan fingerprint density at radius 2 is 2.17 bits per heavy atom. The molecule has 1 aliphatic heterocycles. The van der Waals surface area contributed by atoms with Crippen molar-refractivity contribution in [2.75, 3.05) is 13.2 Å². The molecule has 102 valence electrons. The molecular weight excluding hydrogens is 226 g/mol. The number of nitrogens with zero attached hydrogens (tertiary/aromatic N) is 2. The van der Waals surface area contributed by atoms with E-state index in [1.807, 2.05) is 0 Å². The third kappa shape index (κ3) is 2.93. The first kappa shape index (κ1) is 13.6. The van der Waals surface area contributed by atoms with E-state index in [2.05, 4.69) is 42.8 Å². The normalized spacial score (nSPS) is 24.4. The molecule has 0 aliphatic carbocycles. The van der Waals surface area contributed by atoms with Crippen molar-refractivity contribution in [3.05, 3.63) is 17.0 Å². The highest BCUT2D eigenvalue weighted by molar-refractivity contribution is 5.24. The van der Waals surface area contributed by atoms with Crippen LogP contribution in [0.3, 0.4) is 0 Å². The molecule has 2 unspecified atom stereocenters. The first-order valence-corrected chi connectivity index (χ1v) is 6.98. The number of nitrogens with one attached hydrogen (secondary N) is 1. The molecular formula is C14H25N3O. The average Bonchev–Trinajstić information content (AvgIpc) is 2.62. The Morgan fingerprint density at radius 3 is 2.78 bits per heavy atom. The van der Waals surface area contributed by atoms with E-state index >= 15 is 0 Å². The highest BCUT2D eigenvalue weighted by Gasteiger charge is 2.19. The van der Waals surface area contributed by atoms with Gasteiger partial charge in [-0.2, -0.15) is 5.10 Å². The number of rotatable bonds is 4. The van der Waals surface area contributed by atoms with Crippen LogP contribution in [0.1, 0.15) is 37.2 Å². The smallest absolute Gasteiger partial charge is 0.0628 e. The molecule has 4 heteroatoms. The minimum Gasteiger partial charge on any atom is -0.378 e. The van der Waals surface area contributed by atoms with Crippen LogP contribution in [0, 0.1) is 13.8 Å². The fourth-order valence-corrected chi connectivity index (χ4v) is 2.77. The molecule has 1 aromatic heterocycles. The molecule has 0 radical (unpaired) electrons. The van der Waals surface area contributed by atoms with Crippen molar-refractivity contribution < 1.29 is 4.74 Å². The van der Waals surface area contributed by atoms with Gasteiger partial charge < -0.3 is 10.1 Å². The van der Waals surface area contributed by atoms with E-state index < -0.39 is 0 Å². The van der Waals surface area contributed by atoms with Crippen molar-refractivity contribution >= 4 is 0 Å².